The average molecular weight is 298 g/mol. The van der Waals surface area contributed by atoms with E-state index in [1.54, 1.807) is 4.90 Å². The predicted molar refractivity (Wildman–Crippen MR) is 77.8 cm³/mol. The van der Waals surface area contributed by atoms with E-state index in [0.717, 1.165) is 24.3 Å². The van der Waals surface area contributed by atoms with Crippen LogP contribution in [0.4, 0.5) is 4.79 Å². The minimum atomic E-state index is -0.722. The summed E-state index contributed by atoms with van der Waals surface area (Å²) < 4.78 is 0. The van der Waals surface area contributed by atoms with E-state index in [2.05, 4.69) is 12.2 Å². The average Bonchev–Trinajstić information content (AvgIpc) is 3.03. The van der Waals surface area contributed by atoms with Gasteiger partial charge in [0.25, 0.3) is 0 Å². The number of likely N-dealkylation sites (tertiary alicyclic amines) is 1. The second kappa shape index (κ2) is 5.13. The lowest BCUT2D eigenvalue weighted by molar-refractivity contribution is -0.149. The maximum atomic E-state index is 12.4. The maximum Gasteiger partial charge on any atom is 0.317 e. The lowest BCUT2D eigenvalue weighted by Crippen LogP contribution is -2.47. The number of rotatable bonds is 2. The predicted octanol–water partition coefficient (Wildman–Crippen LogP) is 1.63. The quantitative estimate of drug-likeness (QED) is 0.813. The Morgan fingerprint density at radius 1 is 1.40 bits per heavy atom. The van der Waals surface area contributed by atoms with Gasteiger partial charge in [0.1, 0.15) is 0 Å². The molecule has 2 amide bonds. The fourth-order valence-corrected chi connectivity index (χ4v) is 5.29. The molecule has 112 valence electrons. The second-order valence-electron chi connectivity index (χ2n) is 6.50. The van der Waals surface area contributed by atoms with Crippen LogP contribution in [0.1, 0.15) is 26.2 Å². The van der Waals surface area contributed by atoms with Crippen LogP contribution in [0.5, 0.6) is 0 Å². The molecule has 20 heavy (non-hydrogen) atoms. The number of carbonyl (C=O) groups is 2. The summed E-state index contributed by atoms with van der Waals surface area (Å²) in [6, 6.07) is 0.160. The normalized spacial score (nSPS) is 39.9. The van der Waals surface area contributed by atoms with Gasteiger partial charge in [-0.2, -0.15) is 11.8 Å². The highest BCUT2D eigenvalue weighted by atomic mass is 32.2. The fourth-order valence-electron chi connectivity index (χ4n) is 3.89. The number of fused-ring (bicyclic) bond motifs is 1. The summed E-state index contributed by atoms with van der Waals surface area (Å²) in [6.07, 6.45) is 2.63. The summed E-state index contributed by atoms with van der Waals surface area (Å²) in [4.78, 5) is 25.7. The van der Waals surface area contributed by atoms with Crippen molar-refractivity contribution in [3.8, 4) is 0 Å². The van der Waals surface area contributed by atoms with Crippen LogP contribution in [0.3, 0.4) is 0 Å². The SMILES string of the molecule is CC1CSCC1NC(=O)N1C[C@@H]2CCC[C@@]2(C(=O)O)C1. The van der Waals surface area contributed by atoms with E-state index in [9.17, 15) is 14.7 Å². The summed E-state index contributed by atoms with van der Waals surface area (Å²) in [5, 5.41) is 12.6. The molecule has 0 aromatic carbocycles. The molecule has 6 heteroatoms. The van der Waals surface area contributed by atoms with Crippen LogP contribution in [0.2, 0.25) is 0 Å². The van der Waals surface area contributed by atoms with E-state index >= 15 is 0 Å². The van der Waals surface area contributed by atoms with E-state index < -0.39 is 11.4 Å². The number of nitrogens with one attached hydrogen (secondary N) is 1. The molecule has 2 aliphatic heterocycles. The number of carboxylic acid groups (broad SMARTS) is 1. The molecule has 5 nitrogen and oxygen atoms in total. The molecular weight excluding hydrogens is 276 g/mol. The third kappa shape index (κ3) is 2.18. The van der Waals surface area contributed by atoms with Crippen LogP contribution in [-0.4, -0.2) is 52.6 Å². The van der Waals surface area contributed by atoms with Crippen molar-refractivity contribution in [3.63, 3.8) is 0 Å². The first-order valence-corrected chi connectivity index (χ1v) is 8.55. The molecule has 0 bridgehead atoms. The molecule has 4 atom stereocenters. The van der Waals surface area contributed by atoms with Gasteiger partial charge in [0.2, 0.25) is 0 Å². The highest BCUT2D eigenvalue weighted by Gasteiger charge is 2.55. The molecule has 3 aliphatic rings. The van der Waals surface area contributed by atoms with Gasteiger partial charge in [-0.1, -0.05) is 13.3 Å². The van der Waals surface area contributed by atoms with Gasteiger partial charge in [-0.05, 0) is 30.4 Å². The van der Waals surface area contributed by atoms with Gasteiger partial charge in [-0.3, -0.25) is 4.79 Å². The van der Waals surface area contributed by atoms with Crippen LogP contribution < -0.4 is 5.32 Å². The standard InChI is InChI=1S/C14H22N2O3S/c1-9-6-20-7-11(9)15-13(19)16-5-10-3-2-4-14(10,8-16)12(17)18/h9-11H,2-8H2,1H3,(H,15,19)(H,17,18)/t9?,10-,11?,14+/m0/s1. The number of nitrogens with zero attached hydrogens (tertiary/aromatic N) is 1. The van der Waals surface area contributed by atoms with Crippen LogP contribution >= 0.6 is 11.8 Å². The van der Waals surface area contributed by atoms with Gasteiger partial charge in [-0.15, -0.1) is 0 Å². The smallest absolute Gasteiger partial charge is 0.317 e. The van der Waals surface area contributed by atoms with Crippen LogP contribution in [0.15, 0.2) is 0 Å². The third-order valence-electron chi connectivity index (χ3n) is 5.26. The van der Waals surface area contributed by atoms with Gasteiger partial charge in [0.15, 0.2) is 0 Å². The highest BCUT2D eigenvalue weighted by molar-refractivity contribution is 7.99. The Morgan fingerprint density at radius 3 is 2.80 bits per heavy atom. The van der Waals surface area contributed by atoms with E-state index in [-0.39, 0.29) is 18.0 Å². The maximum absolute atomic E-state index is 12.4. The molecule has 2 N–H and O–H groups in total. The lowest BCUT2D eigenvalue weighted by atomic mass is 9.81. The summed E-state index contributed by atoms with van der Waals surface area (Å²) in [7, 11) is 0. The minimum Gasteiger partial charge on any atom is -0.481 e. The highest BCUT2D eigenvalue weighted by Crippen LogP contribution is 2.48. The number of thioether (sulfide) groups is 1. The zero-order valence-corrected chi connectivity index (χ0v) is 12.6. The Morgan fingerprint density at radius 2 is 2.20 bits per heavy atom. The Hall–Kier alpha value is -0.910. The third-order valence-corrected chi connectivity index (χ3v) is 6.61. The molecule has 0 radical (unpaired) electrons. The van der Waals surface area contributed by atoms with Crippen molar-refractivity contribution in [1.82, 2.24) is 10.2 Å². The molecule has 3 rings (SSSR count). The molecule has 2 heterocycles. The Kier molecular flexibility index (Phi) is 3.60. The van der Waals surface area contributed by atoms with Crippen molar-refractivity contribution in [1.29, 1.82) is 0 Å². The number of aliphatic carboxylic acids is 1. The number of hydrogen-bond donors (Lipinski definition) is 2. The lowest BCUT2D eigenvalue weighted by Gasteiger charge is -2.25. The number of carbonyl (C=O) groups excluding carboxylic acids is 1. The molecule has 1 aliphatic carbocycles. The van der Waals surface area contributed by atoms with Gasteiger partial charge in [0, 0.05) is 24.9 Å². The van der Waals surface area contributed by atoms with Gasteiger partial charge >= 0.3 is 12.0 Å². The molecule has 1 saturated carbocycles. The van der Waals surface area contributed by atoms with Crippen LogP contribution in [0.25, 0.3) is 0 Å². The molecule has 0 aromatic heterocycles. The van der Waals surface area contributed by atoms with Crippen molar-refractivity contribution in [2.75, 3.05) is 24.6 Å². The van der Waals surface area contributed by atoms with Crippen molar-refractivity contribution < 1.29 is 14.7 Å². The monoisotopic (exact) mass is 298 g/mol. The number of amides is 2. The Balaban J connectivity index is 1.64. The molecule has 0 aromatic rings. The summed E-state index contributed by atoms with van der Waals surface area (Å²) in [5.41, 5.74) is -0.673. The molecule has 0 spiro atoms. The largest absolute Gasteiger partial charge is 0.481 e. The summed E-state index contributed by atoms with van der Waals surface area (Å²) in [5.74, 6) is 1.97. The van der Waals surface area contributed by atoms with Crippen molar-refractivity contribution in [2.45, 2.75) is 32.2 Å². The number of carboxylic acids is 1. The summed E-state index contributed by atoms with van der Waals surface area (Å²) in [6.45, 7) is 3.14. The fraction of sp³-hybridized carbons (Fsp3) is 0.857. The minimum absolute atomic E-state index is 0.0700. The number of hydrogen-bond acceptors (Lipinski definition) is 3. The zero-order valence-electron chi connectivity index (χ0n) is 11.8. The van der Waals surface area contributed by atoms with Crippen LogP contribution in [-0.2, 0) is 4.79 Å². The molecule has 3 fully saturated rings. The van der Waals surface area contributed by atoms with E-state index in [1.165, 1.54) is 0 Å². The first-order valence-electron chi connectivity index (χ1n) is 7.39. The van der Waals surface area contributed by atoms with Gasteiger partial charge in [0.05, 0.1) is 5.41 Å². The van der Waals surface area contributed by atoms with E-state index in [1.807, 2.05) is 11.8 Å². The van der Waals surface area contributed by atoms with Crippen molar-refractivity contribution >= 4 is 23.8 Å². The zero-order chi connectivity index (χ0) is 14.3. The number of urea groups is 1. The van der Waals surface area contributed by atoms with E-state index in [0.29, 0.717) is 25.4 Å². The van der Waals surface area contributed by atoms with Gasteiger partial charge < -0.3 is 15.3 Å². The van der Waals surface area contributed by atoms with Crippen molar-refractivity contribution in [3.05, 3.63) is 0 Å². The topological polar surface area (TPSA) is 69.6 Å². The molecular formula is C14H22N2O3S. The molecule has 2 unspecified atom stereocenters. The first kappa shape index (κ1) is 14.0. The van der Waals surface area contributed by atoms with Crippen LogP contribution in [0, 0.1) is 17.3 Å². The molecule has 2 saturated heterocycles. The van der Waals surface area contributed by atoms with E-state index in [4.69, 9.17) is 0 Å². The Labute approximate surface area is 123 Å². The first-order chi connectivity index (χ1) is 9.53. The second-order valence-corrected chi connectivity index (χ2v) is 7.58. The summed E-state index contributed by atoms with van der Waals surface area (Å²) >= 11 is 1.87. The van der Waals surface area contributed by atoms with Gasteiger partial charge in [-0.25, -0.2) is 4.79 Å². The Bertz CT molecular complexity index is 431. The van der Waals surface area contributed by atoms with Crippen molar-refractivity contribution in [2.24, 2.45) is 17.3 Å².